The van der Waals surface area contributed by atoms with E-state index in [1.165, 1.54) is 4.90 Å². The molecule has 0 radical (unpaired) electrons. The predicted molar refractivity (Wildman–Crippen MR) is 56.1 cm³/mol. The van der Waals surface area contributed by atoms with E-state index in [4.69, 9.17) is 10.5 Å². The zero-order valence-electron chi connectivity index (χ0n) is 8.72. The van der Waals surface area contributed by atoms with Crippen molar-refractivity contribution in [2.24, 2.45) is 5.73 Å². The molecule has 1 rings (SSSR count). The molecule has 0 saturated carbocycles. The summed E-state index contributed by atoms with van der Waals surface area (Å²) in [5, 5.41) is 0. The van der Waals surface area contributed by atoms with E-state index >= 15 is 0 Å². The number of hydrogen-bond donors (Lipinski definition) is 1. The van der Waals surface area contributed by atoms with E-state index in [0.717, 1.165) is 5.69 Å². The Morgan fingerprint density at radius 1 is 1.60 bits per heavy atom. The minimum Gasteiger partial charge on any atom is -0.443 e. The van der Waals surface area contributed by atoms with Gasteiger partial charge in [0.25, 0.3) is 0 Å². The third kappa shape index (κ3) is 3.95. The van der Waals surface area contributed by atoms with Crippen LogP contribution < -0.4 is 5.73 Å². The van der Waals surface area contributed by atoms with E-state index in [9.17, 15) is 4.79 Å². The quantitative estimate of drug-likeness (QED) is 0.788. The van der Waals surface area contributed by atoms with Crippen LogP contribution in [0.15, 0.2) is 24.4 Å². The van der Waals surface area contributed by atoms with Gasteiger partial charge in [0.05, 0.1) is 5.69 Å². The number of hydrogen-bond acceptors (Lipinski definition) is 4. The minimum absolute atomic E-state index is 0.189. The van der Waals surface area contributed by atoms with Gasteiger partial charge in [0.2, 0.25) is 0 Å². The van der Waals surface area contributed by atoms with E-state index in [-0.39, 0.29) is 12.7 Å². The normalized spacial score (nSPS) is 9.73. The molecule has 82 valence electrons. The van der Waals surface area contributed by atoms with Crippen molar-refractivity contribution < 1.29 is 9.53 Å². The van der Waals surface area contributed by atoms with Crippen molar-refractivity contribution in [2.45, 2.75) is 6.61 Å². The number of carbonyl (C=O) groups excluding carboxylic acids is 1. The van der Waals surface area contributed by atoms with Crippen molar-refractivity contribution in [1.29, 1.82) is 0 Å². The van der Waals surface area contributed by atoms with Gasteiger partial charge in [-0.3, -0.25) is 4.98 Å². The molecule has 0 saturated heterocycles. The highest BCUT2D eigenvalue weighted by molar-refractivity contribution is 5.67. The van der Waals surface area contributed by atoms with Crippen molar-refractivity contribution in [3.63, 3.8) is 0 Å². The zero-order valence-corrected chi connectivity index (χ0v) is 8.72. The van der Waals surface area contributed by atoms with Gasteiger partial charge in [0, 0.05) is 26.3 Å². The number of nitrogens with two attached hydrogens (primary N) is 1. The number of carbonyl (C=O) groups is 1. The molecule has 0 aliphatic carbocycles. The average Bonchev–Trinajstić information content (AvgIpc) is 2.27. The SMILES string of the molecule is CN(CCN)C(=O)OCc1ccccn1. The van der Waals surface area contributed by atoms with Crippen LogP contribution in [0, 0.1) is 0 Å². The summed E-state index contributed by atoms with van der Waals surface area (Å²) in [6, 6.07) is 5.46. The van der Waals surface area contributed by atoms with Crippen LogP contribution in [0.1, 0.15) is 5.69 Å². The Morgan fingerprint density at radius 3 is 3.00 bits per heavy atom. The van der Waals surface area contributed by atoms with Gasteiger partial charge >= 0.3 is 6.09 Å². The van der Waals surface area contributed by atoms with Crippen LogP contribution in [0.4, 0.5) is 4.79 Å². The molecule has 0 spiro atoms. The van der Waals surface area contributed by atoms with Crippen LogP contribution in [-0.4, -0.2) is 36.1 Å². The van der Waals surface area contributed by atoms with Crippen molar-refractivity contribution >= 4 is 6.09 Å². The fraction of sp³-hybridized carbons (Fsp3) is 0.400. The first-order valence-electron chi connectivity index (χ1n) is 4.72. The number of aromatic nitrogens is 1. The van der Waals surface area contributed by atoms with Crippen LogP contribution in [0.2, 0.25) is 0 Å². The van der Waals surface area contributed by atoms with Crippen molar-refractivity contribution in [3.05, 3.63) is 30.1 Å². The third-order valence-corrected chi connectivity index (χ3v) is 1.85. The Bertz CT molecular complexity index is 303. The number of pyridine rings is 1. The third-order valence-electron chi connectivity index (χ3n) is 1.85. The average molecular weight is 209 g/mol. The number of rotatable bonds is 4. The largest absolute Gasteiger partial charge is 0.443 e. The van der Waals surface area contributed by atoms with Crippen molar-refractivity contribution in [3.8, 4) is 0 Å². The Hall–Kier alpha value is -1.62. The number of nitrogens with zero attached hydrogens (tertiary/aromatic N) is 2. The molecule has 15 heavy (non-hydrogen) atoms. The molecule has 0 fully saturated rings. The lowest BCUT2D eigenvalue weighted by Gasteiger charge is -2.15. The maximum Gasteiger partial charge on any atom is 0.409 e. The lowest BCUT2D eigenvalue weighted by molar-refractivity contribution is 0.104. The predicted octanol–water partition coefficient (Wildman–Crippen LogP) is 0.609. The molecular weight excluding hydrogens is 194 g/mol. The van der Waals surface area contributed by atoms with Gasteiger partial charge in [0.15, 0.2) is 0 Å². The minimum atomic E-state index is -0.383. The Morgan fingerprint density at radius 2 is 2.40 bits per heavy atom. The summed E-state index contributed by atoms with van der Waals surface area (Å²) in [6.07, 6.45) is 1.28. The second kappa shape index (κ2) is 5.98. The Labute approximate surface area is 88.9 Å². The topological polar surface area (TPSA) is 68.5 Å². The highest BCUT2D eigenvalue weighted by atomic mass is 16.6. The molecule has 0 bridgehead atoms. The molecule has 0 atom stereocenters. The molecule has 1 aromatic rings. The van der Waals surface area contributed by atoms with Gasteiger partial charge in [-0.25, -0.2) is 4.79 Å². The summed E-state index contributed by atoms with van der Waals surface area (Å²) in [4.78, 5) is 16.8. The van der Waals surface area contributed by atoms with Gasteiger partial charge in [-0.15, -0.1) is 0 Å². The van der Waals surface area contributed by atoms with Crippen molar-refractivity contribution in [1.82, 2.24) is 9.88 Å². The number of ether oxygens (including phenoxy) is 1. The Balaban J connectivity index is 2.34. The molecule has 1 aromatic heterocycles. The molecule has 1 amide bonds. The summed E-state index contributed by atoms with van der Waals surface area (Å²) >= 11 is 0. The molecule has 0 aromatic carbocycles. The molecule has 0 aliphatic heterocycles. The first-order chi connectivity index (χ1) is 7.24. The first kappa shape index (κ1) is 11.5. The molecule has 0 aliphatic rings. The van der Waals surface area contributed by atoms with E-state index in [1.54, 1.807) is 19.3 Å². The molecule has 1 heterocycles. The highest BCUT2D eigenvalue weighted by Gasteiger charge is 2.08. The van der Waals surface area contributed by atoms with Gasteiger partial charge in [-0.1, -0.05) is 6.07 Å². The van der Waals surface area contributed by atoms with Gasteiger partial charge in [-0.2, -0.15) is 0 Å². The van der Waals surface area contributed by atoms with Crippen LogP contribution in [0.5, 0.6) is 0 Å². The summed E-state index contributed by atoms with van der Waals surface area (Å²) < 4.78 is 5.01. The molecule has 0 unspecified atom stereocenters. The standard InChI is InChI=1S/C10H15N3O2/c1-13(7-5-11)10(14)15-8-9-4-2-3-6-12-9/h2-4,6H,5,7-8,11H2,1H3. The number of likely N-dealkylation sites (N-methyl/N-ethyl adjacent to an activating group) is 1. The van der Waals surface area contributed by atoms with Gasteiger partial charge in [0.1, 0.15) is 6.61 Å². The van der Waals surface area contributed by atoms with Crippen LogP contribution >= 0.6 is 0 Å². The second-order valence-electron chi connectivity index (χ2n) is 3.09. The summed E-state index contributed by atoms with van der Waals surface area (Å²) in [7, 11) is 1.65. The monoisotopic (exact) mass is 209 g/mol. The Kier molecular flexibility index (Phi) is 4.56. The second-order valence-corrected chi connectivity index (χ2v) is 3.09. The summed E-state index contributed by atoms with van der Waals surface area (Å²) in [6.45, 7) is 1.10. The smallest absolute Gasteiger partial charge is 0.409 e. The summed E-state index contributed by atoms with van der Waals surface area (Å²) in [5.41, 5.74) is 6.04. The fourth-order valence-corrected chi connectivity index (χ4v) is 1.01. The molecule has 5 heteroatoms. The van der Waals surface area contributed by atoms with Crippen LogP contribution in [0.3, 0.4) is 0 Å². The van der Waals surface area contributed by atoms with Crippen LogP contribution in [-0.2, 0) is 11.3 Å². The molecule has 2 N–H and O–H groups in total. The lowest BCUT2D eigenvalue weighted by Crippen LogP contribution is -2.32. The van der Waals surface area contributed by atoms with Crippen LogP contribution in [0.25, 0.3) is 0 Å². The first-order valence-corrected chi connectivity index (χ1v) is 4.72. The van der Waals surface area contributed by atoms with Gasteiger partial charge in [-0.05, 0) is 12.1 Å². The summed E-state index contributed by atoms with van der Waals surface area (Å²) in [5.74, 6) is 0. The molecular formula is C10H15N3O2. The highest BCUT2D eigenvalue weighted by Crippen LogP contribution is 1.98. The van der Waals surface area contributed by atoms with E-state index in [1.807, 2.05) is 12.1 Å². The van der Waals surface area contributed by atoms with E-state index < -0.39 is 0 Å². The van der Waals surface area contributed by atoms with Gasteiger partial charge < -0.3 is 15.4 Å². The number of amides is 1. The lowest BCUT2D eigenvalue weighted by atomic mass is 10.4. The maximum atomic E-state index is 11.3. The van der Waals surface area contributed by atoms with E-state index in [2.05, 4.69) is 4.98 Å². The van der Waals surface area contributed by atoms with Crippen molar-refractivity contribution in [2.75, 3.05) is 20.1 Å². The maximum absolute atomic E-state index is 11.3. The fourth-order valence-electron chi connectivity index (χ4n) is 1.01. The zero-order chi connectivity index (χ0) is 11.1. The van der Waals surface area contributed by atoms with E-state index in [0.29, 0.717) is 13.1 Å². The molecule has 5 nitrogen and oxygen atoms in total.